The van der Waals surface area contributed by atoms with E-state index in [4.69, 9.17) is 17.3 Å². The molecule has 0 radical (unpaired) electrons. The minimum absolute atomic E-state index is 0.232. The Hall–Kier alpha value is -2.60. The summed E-state index contributed by atoms with van der Waals surface area (Å²) >= 11 is 5.93. The molecule has 0 aliphatic heterocycles. The summed E-state index contributed by atoms with van der Waals surface area (Å²) < 4.78 is 1.28. The van der Waals surface area contributed by atoms with Gasteiger partial charge in [-0.25, -0.2) is 14.3 Å². The van der Waals surface area contributed by atoms with Gasteiger partial charge in [-0.2, -0.15) is 0 Å². The topological polar surface area (TPSA) is 93.8 Å². The predicted molar refractivity (Wildman–Crippen MR) is 77.4 cm³/mol. The summed E-state index contributed by atoms with van der Waals surface area (Å²) in [7, 11) is 0. The SMILES string of the molecule is Nc1cnc2c(c1)c(=O)[nH]c(=O)n2-c1cccc(Cl)c1. The normalized spacial score (nSPS) is 10.8. The number of aromatic amines is 1. The molecule has 0 aliphatic carbocycles. The Balaban J connectivity index is 2.47. The van der Waals surface area contributed by atoms with Gasteiger partial charge in [0.05, 0.1) is 23.0 Å². The van der Waals surface area contributed by atoms with E-state index in [1.54, 1.807) is 24.3 Å². The molecule has 6 nitrogen and oxygen atoms in total. The molecule has 0 atom stereocenters. The van der Waals surface area contributed by atoms with Crippen molar-refractivity contribution in [3.63, 3.8) is 0 Å². The molecule has 3 N–H and O–H groups in total. The molecular formula is C13H9ClN4O2. The molecule has 0 spiro atoms. The number of nitrogen functional groups attached to an aromatic ring is 1. The van der Waals surface area contributed by atoms with Crippen molar-refractivity contribution in [1.82, 2.24) is 14.5 Å². The van der Waals surface area contributed by atoms with Crippen molar-refractivity contribution in [2.75, 3.05) is 5.73 Å². The Kier molecular flexibility index (Phi) is 2.80. The molecule has 7 heteroatoms. The van der Waals surface area contributed by atoms with Crippen molar-refractivity contribution < 1.29 is 0 Å². The lowest BCUT2D eigenvalue weighted by atomic mass is 10.2. The summed E-state index contributed by atoms with van der Waals surface area (Å²) in [6.45, 7) is 0. The van der Waals surface area contributed by atoms with E-state index in [0.29, 0.717) is 16.4 Å². The molecule has 0 amide bonds. The third-order valence-corrected chi connectivity index (χ3v) is 3.07. The second-order valence-electron chi connectivity index (χ2n) is 4.21. The summed E-state index contributed by atoms with van der Waals surface area (Å²) in [5.74, 6) is 0. The Morgan fingerprint density at radius 1 is 1.25 bits per heavy atom. The Morgan fingerprint density at radius 3 is 2.80 bits per heavy atom. The van der Waals surface area contributed by atoms with Crippen LogP contribution in [0.15, 0.2) is 46.1 Å². The average Bonchev–Trinajstić information content (AvgIpc) is 2.40. The van der Waals surface area contributed by atoms with Crippen molar-refractivity contribution >= 4 is 28.3 Å². The summed E-state index contributed by atoms with van der Waals surface area (Å²) in [6, 6.07) is 8.18. The van der Waals surface area contributed by atoms with Crippen molar-refractivity contribution in [1.29, 1.82) is 0 Å². The average molecular weight is 289 g/mol. The lowest BCUT2D eigenvalue weighted by molar-refractivity contribution is 0.926. The molecule has 0 saturated carbocycles. The largest absolute Gasteiger partial charge is 0.397 e. The minimum atomic E-state index is -0.581. The van der Waals surface area contributed by atoms with Crippen LogP contribution >= 0.6 is 11.6 Å². The number of anilines is 1. The molecule has 100 valence electrons. The first-order chi connectivity index (χ1) is 9.56. The monoisotopic (exact) mass is 288 g/mol. The van der Waals surface area contributed by atoms with Gasteiger partial charge in [0.1, 0.15) is 0 Å². The van der Waals surface area contributed by atoms with E-state index in [1.165, 1.54) is 16.8 Å². The number of hydrogen-bond donors (Lipinski definition) is 2. The number of pyridine rings is 1. The zero-order valence-corrected chi connectivity index (χ0v) is 10.9. The van der Waals surface area contributed by atoms with Crippen LogP contribution in [0.4, 0.5) is 5.69 Å². The molecule has 20 heavy (non-hydrogen) atoms. The molecule has 2 aromatic heterocycles. The highest BCUT2D eigenvalue weighted by molar-refractivity contribution is 6.30. The highest BCUT2D eigenvalue weighted by Crippen LogP contribution is 2.17. The van der Waals surface area contributed by atoms with Gasteiger partial charge in [-0.05, 0) is 24.3 Å². The first-order valence-electron chi connectivity index (χ1n) is 5.73. The third-order valence-electron chi connectivity index (χ3n) is 2.83. The number of nitrogens with zero attached hydrogens (tertiary/aromatic N) is 2. The molecule has 3 rings (SSSR count). The van der Waals surface area contributed by atoms with Crippen LogP contribution < -0.4 is 17.0 Å². The smallest absolute Gasteiger partial charge is 0.334 e. The fraction of sp³-hybridized carbons (Fsp3) is 0. The van der Waals surface area contributed by atoms with Crippen molar-refractivity contribution in [2.24, 2.45) is 0 Å². The maximum Gasteiger partial charge on any atom is 0.334 e. The van der Waals surface area contributed by atoms with E-state index >= 15 is 0 Å². The van der Waals surface area contributed by atoms with Crippen LogP contribution in [0.1, 0.15) is 0 Å². The van der Waals surface area contributed by atoms with Crippen molar-refractivity contribution in [3.05, 3.63) is 62.4 Å². The van der Waals surface area contributed by atoms with Crippen LogP contribution in [0.5, 0.6) is 0 Å². The second-order valence-corrected chi connectivity index (χ2v) is 4.65. The number of aromatic nitrogens is 3. The number of rotatable bonds is 1. The summed E-state index contributed by atoms with van der Waals surface area (Å²) in [5, 5.41) is 0.716. The van der Waals surface area contributed by atoms with Gasteiger partial charge in [0, 0.05) is 5.02 Å². The zero-order chi connectivity index (χ0) is 14.3. The Bertz CT molecular complexity index is 930. The van der Waals surface area contributed by atoms with Gasteiger partial charge in [0.2, 0.25) is 0 Å². The maximum atomic E-state index is 12.0. The van der Waals surface area contributed by atoms with Crippen LogP contribution in [0, 0.1) is 0 Å². The number of halogens is 1. The highest BCUT2D eigenvalue weighted by Gasteiger charge is 2.11. The van der Waals surface area contributed by atoms with Gasteiger partial charge in [-0.1, -0.05) is 17.7 Å². The van der Waals surface area contributed by atoms with Gasteiger partial charge in [-0.15, -0.1) is 0 Å². The zero-order valence-electron chi connectivity index (χ0n) is 10.1. The van der Waals surface area contributed by atoms with Crippen molar-refractivity contribution in [3.8, 4) is 5.69 Å². The Labute approximate surface area is 117 Å². The third kappa shape index (κ3) is 1.96. The van der Waals surface area contributed by atoms with Crippen LogP contribution in [0.2, 0.25) is 5.02 Å². The summed E-state index contributed by atoms with van der Waals surface area (Å²) in [6.07, 6.45) is 1.39. The number of nitrogens with two attached hydrogens (primary N) is 1. The molecule has 1 aromatic carbocycles. The number of nitrogens with one attached hydrogen (secondary N) is 1. The van der Waals surface area contributed by atoms with E-state index in [0.717, 1.165) is 0 Å². The Morgan fingerprint density at radius 2 is 2.05 bits per heavy atom. The highest BCUT2D eigenvalue weighted by atomic mass is 35.5. The van der Waals surface area contributed by atoms with E-state index < -0.39 is 11.2 Å². The number of H-pyrrole nitrogens is 1. The summed E-state index contributed by atoms with van der Waals surface area (Å²) in [4.78, 5) is 30.2. The molecule has 0 bridgehead atoms. The summed E-state index contributed by atoms with van der Waals surface area (Å²) in [5.41, 5.74) is 5.61. The molecule has 3 aromatic rings. The van der Waals surface area contributed by atoms with Gasteiger partial charge in [-0.3, -0.25) is 9.78 Å². The van der Waals surface area contributed by atoms with E-state index in [9.17, 15) is 9.59 Å². The first kappa shape index (κ1) is 12.4. The second kappa shape index (κ2) is 4.50. The lowest BCUT2D eigenvalue weighted by Gasteiger charge is -2.09. The van der Waals surface area contributed by atoms with Gasteiger partial charge in [0.15, 0.2) is 5.65 Å². The first-order valence-corrected chi connectivity index (χ1v) is 6.10. The van der Waals surface area contributed by atoms with Gasteiger partial charge < -0.3 is 5.73 Å². The van der Waals surface area contributed by atoms with Crippen LogP contribution in [-0.4, -0.2) is 14.5 Å². The maximum absolute atomic E-state index is 12.0. The molecule has 2 heterocycles. The molecular weight excluding hydrogens is 280 g/mol. The fourth-order valence-corrected chi connectivity index (χ4v) is 2.17. The van der Waals surface area contributed by atoms with Crippen LogP contribution in [-0.2, 0) is 0 Å². The standard InChI is InChI=1S/C13H9ClN4O2/c14-7-2-1-3-9(4-7)18-11-10(5-8(15)6-16-11)12(19)17-13(18)20/h1-6H,15H2,(H,17,19,20). The van der Waals surface area contributed by atoms with E-state index in [1.807, 2.05) is 0 Å². The predicted octanol–water partition coefficient (Wildman–Crippen LogP) is 1.31. The minimum Gasteiger partial charge on any atom is -0.397 e. The number of fused-ring (bicyclic) bond motifs is 1. The fourth-order valence-electron chi connectivity index (χ4n) is 1.99. The van der Waals surface area contributed by atoms with Gasteiger partial charge >= 0.3 is 5.69 Å². The molecule has 0 saturated heterocycles. The van der Waals surface area contributed by atoms with E-state index in [-0.39, 0.29) is 11.0 Å². The lowest BCUT2D eigenvalue weighted by Crippen LogP contribution is -2.29. The quantitative estimate of drug-likeness (QED) is 0.706. The van der Waals surface area contributed by atoms with Crippen molar-refractivity contribution in [2.45, 2.75) is 0 Å². The number of hydrogen-bond acceptors (Lipinski definition) is 4. The van der Waals surface area contributed by atoms with Gasteiger partial charge in [0.25, 0.3) is 5.56 Å². The molecule has 0 aliphatic rings. The van der Waals surface area contributed by atoms with Crippen LogP contribution in [0.3, 0.4) is 0 Å². The van der Waals surface area contributed by atoms with Crippen LogP contribution in [0.25, 0.3) is 16.7 Å². The molecule has 0 fully saturated rings. The van der Waals surface area contributed by atoms with E-state index in [2.05, 4.69) is 9.97 Å². The number of benzene rings is 1. The molecule has 0 unspecified atom stereocenters.